The van der Waals surface area contributed by atoms with Gasteiger partial charge in [-0.05, 0) is 58.3 Å². The number of carbonyl (C=O) groups excluding carboxylic acids is 1. The number of hydrazone groups is 1. The van der Waals surface area contributed by atoms with E-state index in [2.05, 4.69) is 33.1 Å². The van der Waals surface area contributed by atoms with Crippen LogP contribution in [0.25, 0.3) is 0 Å². The molecule has 0 radical (unpaired) electrons. The Balaban J connectivity index is 1.88. The van der Waals surface area contributed by atoms with Crippen molar-refractivity contribution in [3.8, 4) is 11.5 Å². The number of nitrogens with one attached hydrogen (secondary N) is 1. The fourth-order valence-corrected chi connectivity index (χ4v) is 4.00. The van der Waals surface area contributed by atoms with Crippen LogP contribution in [0.15, 0.2) is 77.9 Å². The van der Waals surface area contributed by atoms with Crippen LogP contribution >= 0.6 is 22.6 Å². The van der Waals surface area contributed by atoms with E-state index in [1.54, 1.807) is 61.7 Å². The summed E-state index contributed by atoms with van der Waals surface area (Å²) in [5.74, 6) is 0.579. The van der Waals surface area contributed by atoms with E-state index in [0.717, 1.165) is 9.13 Å². The van der Waals surface area contributed by atoms with E-state index in [1.165, 1.54) is 6.21 Å². The number of halogens is 1. The third-order valence-electron chi connectivity index (χ3n) is 4.63. The average Bonchev–Trinajstić information content (AvgIpc) is 2.80. The topological polar surface area (TPSA) is 80.2 Å². The van der Waals surface area contributed by atoms with Crippen LogP contribution in [0.3, 0.4) is 0 Å². The maximum Gasteiger partial charge on any atom is 0.281 e. The summed E-state index contributed by atoms with van der Waals surface area (Å²) < 4.78 is 11.9. The number of carbonyl (C=O) groups is 1. The molecule has 0 aliphatic heterocycles. The summed E-state index contributed by atoms with van der Waals surface area (Å²) in [6, 6.07) is 21.2. The minimum absolute atomic E-state index is 0.450. The molecule has 6 nitrogen and oxygen atoms in total. The van der Waals surface area contributed by atoms with Crippen LogP contribution < -0.4 is 14.9 Å². The largest absolute Gasteiger partial charge is 0.492 e. The minimum Gasteiger partial charge on any atom is -0.492 e. The Morgan fingerprint density at radius 1 is 1.10 bits per heavy atom. The van der Waals surface area contributed by atoms with Gasteiger partial charge in [0.25, 0.3) is 5.91 Å². The SMILES string of the molecule is CCOc1cc(/C=N\NC(=O)C(O)(c2ccccc2)c2ccccc2)cc(I)c1OC. The average molecular weight is 530 g/mol. The van der Waals surface area contributed by atoms with Crippen LogP contribution in [-0.4, -0.2) is 30.9 Å². The second kappa shape index (κ2) is 10.4. The van der Waals surface area contributed by atoms with Gasteiger partial charge in [-0.1, -0.05) is 60.7 Å². The van der Waals surface area contributed by atoms with Crippen LogP contribution in [0.2, 0.25) is 0 Å². The van der Waals surface area contributed by atoms with Crippen molar-refractivity contribution in [2.24, 2.45) is 5.10 Å². The van der Waals surface area contributed by atoms with Gasteiger partial charge in [-0.25, -0.2) is 5.43 Å². The van der Waals surface area contributed by atoms with Gasteiger partial charge < -0.3 is 14.6 Å². The Hall–Kier alpha value is -2.91. The predicted molar refractivity (Wildman–Crippen MR) is 128 cm³/mol. The summed E-state index contributed by atoms with van der Waals surface area (Å²) in [4.78, 5) is 13.1. The van der Waals surface area contributed by atoms with Gasteiger partial charge in [-0.2, -0.15) is 5.10 Å². The zero-order valence-electron chi connectivity index (χ0n) is 17.2. The molecule has 3 rings (SSSR count). The first-order valence-corrected chi connectivity index (χ1v) is 10.8. The maximum atomic E-state index is 13.1. The van der Waals surface area contributed by atoms with Crippen LogP contribution in [0.4, 0.5) is 0 Å². The standard InChI is InChI=1S/C24H23IN2O4/c1-3-31-21-15-17(14-20(25)22(21)30-2)16-26-27-23(28)24(29,18-10-6-4-7-11-18)19-12-8-5-9-13-19/h4-16,29H,3H2,1-2H3,(H,27,28)/b26-16-. The van der Waals surface area contributed by atoms with Crippen LogP contribution in [0.1, 0.15) is 23.6 Å². The van der Waals surface area contributed by atoms with Crippen molar-refractivity contribution >= 4 is 34.7 Å². The first-order chi connectivity index (χ1) is 15.0. The number of benzene rings is 3. The minimum atomic E-state index is -1.88. The van der Waals surface area contributed by atoms with Crippen LogP contribution in [-0.2, 0) is 10.4 Å². The van der Waals surface area contributed by atoms with Crippen molar-refractivity contribution < 1.29 is 19.4 Å². The van der Waals surface area contributed by atoms with Crippen molar-refractivity contribution in [1.29, 1.82) is 0 Å². The van der Waals surface area contributed by atoms with Crippen molar-refractivity contribution in [3.63, 3.8) is 0 Å². The van der Waals surface area contributed by atoms with Gasteiger partial charge in [0.15, 0.2) is 17.1 Å². The number of aliphatic hydroxyl groups is 1. The molecule has 3 aromatic carbocycles. The first-order valence-electron chi connectivity index (χ1n) is 9.68. The molecule has 2 N–H and O–H groups in total. The van der Waals surface area contributed by atoms with Gasteiger partial charge in [-0.3, -0.25) is 4.79 Å². The molecule has 0 unspecified atom stereocenters. The number of rotatable bonds is 8. The molecule has 0 heterocycles. The second-order valence-electron chi connectivity index (χ2n) is 6.61. The highest BCUT2D eigenvalue weighted by molar-refractivity contribution is 14.1. The molecule has 31 heavy (non-hydrogen) atoms. The van der Waals surface area contributed by atoms with Gasteiger partial charge in [0.2, 0.25) is 0 Å². The molecule has 0 saturated heterocycles. The van der Waals surface area contributed by atoms with E-state index >= 15 is 0 Å². The fourth-order valence-electron chi connectivity index (χ4n) is 3.16. The number of methoxy groups -OCH3 is 1. The lowest BCUT2D eigenvalue weighted by molar-refractivity contribution is -0.136. The van der Waals surface area contributed by atoms with Gasteiger partial charge in [0.1, 0.15) is 0 Å². The van der Waals surface area contributed by atoms with Crippen molar-refractivity contribution in [2.45, 2.75) is 12.5 Å². The predicted octanol–water partition coefficient (Wildman–Crippen LogP) is 4.08. The van der Waals surface area contributed by atoms with Crippen molar-refractivity contribution in [2.75, 3.05) is 13.7 Å². The number of ether oxygens (including phenoxy) is 2. The molecule has 0 fully saturated rings. The molecule has 160 valence electrons. The molecule has 1 amide bonds. The highest BCUT2D eigenvalue weighted by Crippen LogP contribution is 2.33. The summed E-state index contributed by atoms with van der Waals surface area (Å²) >= 11 is 2.15. The molecule has 3 aromatic rings. The number of hydrogen-bond acceptors (Lipinski definition) is 5. The molecule has 0 bridgehead atoms. The van der Waals surface area contributed by atoms with E-state index in [-0.39, 0.29) is 0 Å². The Morgan fingerprint density at radius 2 is 1.68 bits per heavy atom. The third kappa shape index (κ3) is 5.05. The van der Waals surface area contributed by atoms with Crippen molar-refractivity contribution in [3.05, 3.63) is 93.1 Å². The lowest BCUT2D eigenvalue weighted by Gasteiger charge is -2.27. The summed E-state index contributed by atoms with van der Waals surface area (Å²) in [5, 5.41) is 15.5. The Labute approximate surface area is 195 Å². The molecule has 0 aliphatic rings. The molecular formula is C24H23IN2O4. The maximum absolute atomic E-state index is 13.1. The summed E-state index contributed by atoms with van der Waals surface area (Å²) in [7, 11) is 1.59. The van der Waals surface area contributed by atoms with E-state index in [1.807, 2.05) is 25.1 Å². The van der Waals surface area contributed by atoms with E-state index in [9.17, 15) is 9.90 Å². The highest BCUT2D eigenvalue weighted by atomic mass is 127. The van der Waals surface area contributed by atoms with E-state index in [0.29, 0.717) is 29.2 Å². The normalized spacial score (nSPS) is 11.4. The summed E-state index contributed by atoms with van der Waals surface area (Å²) in [6.45, 7) is 2.38. The zero-order chi connectivity index (χ0) is 22.3. The molecule has 0 atom stereocenters. The molecule has 7 heteroatoms. The number of nitrogens with zero attached hydrogens (tertiary/aromatic N) is 1. The summed E-state index contributed by atoms with van der Waals surface area (Å²) in [5.41, 5.74) is 2.21. The smallest absolute Gasteiger partial charge is 0.281 e. The van der Waals surface area contributed by atoms with E-state index in [4.69, 9.17) is 9.47 Å². The lowest BCUT2D eigenvalue weighted by Crippen LogP contribution is -2.43. The number of amides is 1. The quantitative estimate of drug-likeness (QED) is 0.261. The zero-order valence-corrected chi connectivity index (χ0v) is 19.4. The molecule has 0 aromatic heterocycles. The first kappa shape index (κ1) is 22.8. The number of hydrogen-bond donors (Lipinski definition) is 2. The fraction of sp³-hybridized carbons (Fsp3) is 0.167. The van der Waals surface area contributed by atoms with Crippen molar-refractivity contribution in [1.82, 2.24) is 5.43 Å². The van der Waals surface area contributed by atoms with Gasteiger partial charge in [0, 0.05) is 0 Å². The van der Waals surface area contributed by atoms with E-state index < -0.39 is 11.5 Å². The Bertz CT molecular complexity index is 1020. The van der Waals surface area contributed by atoms with Gasteiger partial charge >= 0.3 is 0 Å². The van der Waals surface area contributed by atoms with Crippen LogP contribution in [0.5, 0.6) is 11.5 Å². The van der Waals surface area contributed by atoms with Gasteiger partial charge in [-0.15, -0.1) is 0 Å². The molecule has 0 saturated carbocycles. The van der Waals surface area contributed by atoms with Gasteiger partial charge in [0.05, 0.1) is 23.5 Å². The summed E-state index contributed by atoms with van der Waals surface area (Å²) in [6.07, 6.45) is 1.50. The highest BCUT2D eigenvalue weighted by Gasteiger charge is 2.39. The molecular weight excluding hydrogens is 507 g/mol. The third-order valence-corrected chi connectivity index (χ3v) is 5.43. The Kier molecular flexibility index (Phi) is 7.64. The lowest BCUT2D eigenvalue weighted by atomic mass is 9.85. The molecule has 0 aliphatic carbocycles. The second-order valence-corrected chi connectivity index (χ2v) is 7.77. The molecule has 0 spiro atoms. The van der Waals surface area contributed by atoms with Crippen LogP contribution in [0, 0.1) is 3.57 Å². The Morgan fingerprint density at radius 3 is 2.19 bits per heavy atom. The monoisotopic (exact) mass is 530 g/mol.